The van der Waals surface area contributed by atoms with Gasteiger partial charge in [-0.25, -0.2) is 4.79 Å². The molecule has 0 spiro atoms. The van der Waals surface area contributed by atoms with Crippen LogP contribution in [0.3, 0.4) is 0 Å². The van der Waals surface area contributed by atoms with Crippen LogP contribution in [0.4, 0.5) is 0 Å². The van der Waals surface area contributed by atoms with Crippen LogP contribution in [0, 0.1) is 0 Å². The van der Waals surface area contributed by atoms with E-state index in [4.69, 9.17) is 14.2 Å². The fourth-order valence-corrected chi connectivity index (χ4v) is 1.95. The summed E-state index contributed by atoms with van der Waals surface area (Å²) < 4.78 is 15.4. The van der Waals surface area contributed by atoms with Gasteiger partial charge < -0.3 is 31.9 Å². The first-order valence-electron chi connectivity index (χ1n) is 7.23. The second-order valence-electron chi connectivity index (χ2n) is 4.70. The lowest BCUT2D eigenvalue weighted by Gasteiger charge is -2.10. The molecular weight excluding hydrogens is 348 g/mol. The van der Waals surface area contributed by atoms with Crippen LogP contribution in [0.1, 0.15) is 20.7 Å². The van der Waals surface area contributed by atoms with Crippen molar-refractivity contribution in [1.29, 1.82) is 0 Å². The number of hydrogen-bond acceptors (Lipinski definition) is 6. The molecular formula is C17H18ClN2O5-. The number of hydrogen-bond donors (Lipinski definition) is 1. The lowest BCUT2D eigenvalue weighted by atomic mass is 10.2. The molecule has 0 aliphatic heterocycles. The smallest absolute Gasteiger partial charge is 0.338 e. The van der Waals surface area contributed by atoms with Gasteiger partial charge in [-0.15, -0.1) is 0 Å². The maximum Gasteiger partial charge on any atom is 0.338 e. The SMILES string of the molecule is COc1ccc(C(=O)OCCNC(=O)c2cccnc2)cc1OC.[Cl-]. The summed E-state index contributed by atoms with van der Waals surface area (Å²) in [6.07, 6.45) is 3.05. The Balaban J connectivity index is 0.00000312. The number of esters is 1. The van der Waals surface area contributed by atoms with Crippen LogP contribution in [0.15, 0.2) is 42.7 Å². The van der Waals surface area contributed by atoms with Crippen molar-refractivity contribution in [3.63, 3.8) is 0 Å². The van der Waals surface area contributed by atoms with Gasteiger partial charge in [-0.05, 0) is 30.3 Å². The number of nitrogens with one attached hydrogen (secondary N) is 1. The third kappa shape index (κ3) is 5.65. The van der Waals surface area contributed by atoms with Crippen molar-refractivity contribution < 1.29 is 36.2 Å². The molecule has 7 nitrogen and oxygen atoms in total. The molecule has 0 unspecified atom stereocenters. The van der Waals surface area contributed by atoms with Crippen molar-refractivity contribution in [2.24, 2.45) is 0 Å². The Morgan fingerprint density at radius 3 is 2.48 bits per heavy atom. The fraction of sp³-hybridized carbons (Fsp3) is 0.235. The van der Waals surface area contributed by atoms with E-state index in [0.717, 1.165) is 0 Å². The average Bonchev–Trinajstić information content (AvgIpc) is 2.64. The monoisotopic (exact) mass is 365 g/mol. The molecule has 0 saturated heterocycles. The van der Waals surface area contributed by atoms with E-state index in [1.165, 1.54) is 26.5 Å². The molecule has 0 saturated carbocycles. The Kier molecular flexibility index (Phi) is 8.22. The highest BCUT2D eigenvalue weighted by Gasteiger charge is 2.12. The van der Waals surface area contributed by atoms with Gasteiger partial charge in [-0.2, -0.15) is 0 Å². The third-order valence-electron chi connectivity index (χ3n) is 3.16. The van der Waals surface area contributed by atoms with E-state index in [2.05, 4.69) is 10.3 Å². The summed E-state index contributed by atoms with van der Waals surface area (Å²) in [7, 11) is 3.00. The summed E-state index contributed by atoms with van der Waals surface area (Å²) in [5.74, 6) is 0.187. The van der Waals surface area contributed by atoms with E-state index in [9.17, 15) is 9.59 Å². The quantitative estimate of drug-likeness (QED) is 0.484. The average molecular weight is 366 g/mol. The normalized spacial score (nSPS) is 9.52. The molecule has 0 radical (unpaired) electrons. The van der Waals surface area contributed by atoms with Crippen molar-refractivity contribution in [2.45, 2.75) is 0 Å². The lowest BCUT2D eigenvalue weighted by Crippen LogP contribution is -3.00. The van der Waals surface area contributed by atoms with E-state index in [0.29, 0.717) is 22.6 Å². The van der Waals surface area contributed by atoms with Gasteiger partial charge in [0.15, 0.2) is 11.5 Å². The Bertz CT molecular complexity index is 709. The number of aromatic nitrogens is 1. The van der Waals surface area contributed by atoms with Gasteiger partial charge in [0.1, 0.15) is 6.61 Å². The van der Waals surface area contributed by atoms with Crippen LogP contribution in [0.25, 0.3) is 0 Å². The Labute approximate surface area is 151 Å². The number of ether oxygens (including phenoxy) is 3. The lowest BCUT2D eigenvalue weighted by molar-refractivity contribution is -0.0000293. The number of halogens is 1. The summed E-state index contributed by atoms with van der Waals surface area (Å²) >= 11 is 0. The number of methoxy groups -OCH3 is 2. The molecule has 1 N–H and O–H groups in total. The van der Waals surface area contributed by atoms with Crippen LogP contribution in [0.5, 0.6) is 11.5 Å². The first kappa shape index (κ1) is 20.2. The van der Waals surface area contributed by atoms with Crippen LogP contribution in [-0.2, 0) is 4.74 Å². The Morgan fingerprint density at radius 2 is 1.84 bits per heavy atom. The van der Waals surface area contributed by atoms with Crippen molar-refractivity contribution in [3.8, 4) is 11.5 Å². The first-order chi connectivity index (χ1) is 11.7. The molecule has 0 bridgehead atoms. The van der Waals surface area contributed by atoms with Crippen molar-refractivity contribution in [2.75, 3.05) is 27.4 Å². The molecule has 2 aromatic rings. The van der Waals surface area contributed by atoms with Gasteiger partial charge in [0, 0.05) is 12.4 Å². The minimum atomic E-state index is -0.508. The maximum atomic E-state index is 12.0. The number of pyridine rings is 1. The standard InChI is InChI=1S/C17H18N2O5.ClH/c1-22-14-6-5-12(10-15(14)23-2)17(21)24-9-8-19-16(20)13-4-3-7-18-11-13;/h3-7,10-11H,8-9H2,1-2H3,(H,19,20);1H/p-1. The highest BCUT2D eigenvalue weighted by molar-refractivity contribution is 5.93. The maximum absolute atomic E-state index is 12.0. The Morgan fingerprint density at radius 1 is 1.08 bits per heavy atom. The number of amides is 1. The number of carbonyl (C=O) groups excluding carboxylic acids is 2. The third-order valence-corrected chi connectivity index (χ3v) is 3.16. The molecule has 2 rings (SSSR count). The molecule has 1 aromatic carbocycles. The van der Waals surface area contributed by atoms with E-state index < -0.39 is 5.97 Å². The first-order valence-corrected chi connectivity index (χ1v) is 7.23. The van der Waals surface area contributed by atoms with E-state index in [1.54, 1.807) is 30.5 Å². The molecule has 0 aliphatic rings. The minimum Gasteiger partial charge on any atom is -1.00 e. The fourth-order valence-electron chi connectivity index (χ4n) is 1.95. The second-order valence-corrected chi connectivity index (χ2v) is 4.70. The number of rotatable bonds is 7. The van der Waals surface area contributed by atoms with Crippen LogP contribution < -0.4 is 27.2 Å². The predicted molar refractivity (Wildman–Crippen MR) is 86.4 cm³/mol. The topological polar surface area (TPSA) is 86.8 Å². The van der Waals surface area contributed by atoms with Gasteiger partial charge in [0.2, 0.25) is 0 Å². The van der Waals surface area contributed by atoms with E-state index in [1.807, 2.05) is 0 Å². The van der Waals surface area contributed by atoms with Gasteiger partial charge in [0.05, 0.1) is 31.9 Å². The van der Waals surface area contributed by atoms with Gasteiger partial charge in [-0.1, -0.05) is 0 Å². The van der Waals surface area contributed by atoms with Crippen LogP contribution >= 0.6 is 0 Å². The van der Waals surface area contributed by atoms with Crippen LogP contribution in [-0.4, -0.2) is 44.2 Å². The molecule has 25 heavy (non-hydrogen) atoms. The molecule has 1 heterocycles. The molecule has 0 atom stereocenters. The van der Waals surface area contributed by atoms with Crippen molar-refractivity contribution >= 4 is 11.9 Å². The summed E-state index contributed by atoms with van der Waals surface area (Å²) in [6.45, 7) is 0.256. The van der Waals surface area contributed by atoms with Gasteiger partial charge >= 0.3 is 5.97 Å². The molecule has 1 aromatic heterocycles. The zero-order chi connectivity index (χ0) is 17.4. The number of benzene rings is 1. The second kappa shape index (κ2) is 10.1. The molecule has 8 heteroatoms. The van der Waals surface area contributed by atoms with Crippen molar-refractivity contribution in [3.05, 3.63) is 53.9 Å². The molecule has 0 aliphatic carbocycles. The van der Waals surface area contributed by atoms with Crippen LogP contribution in [0.2, 0.25) is 0 Å². The summed E-state index contributed by atoms with van der Waals surface area (Å²) in [5.41, 5.74) is 0.787. The van der Waals surface area contributed by atoms with Gasteiger partial charge in [0.25, 0.3) is 5.91 Å². The summed E-state index contributed by atoms with van der Waals surface area (Å²) in [5, 5.41) is 2.65. The minimum absolute atomic E-state index is 0. The summed E-state index contributed by atoms with van der Waals surface area (Å²) in [4.78, 5) is 27.6. The molecule has 0 fully saturated rings. The van der Waals surface area contributed by atoms with E-state index >= 15 is 0 Å². The largest absolute Gasteiger partial charge is 1.00 e. The number of carbonyl (C=O) groups is 2. The molecule has 1 amide bonds. The van der Waals surface area contributed by atoms with E-state index in [-0.39, 0.29) is 31.5 Å². The Hall–Kier alpha value is -2.80. The summed E-state index contributed by atoms with van der Waals surface area (Å²) in [6, 6.07) is 8.07. The zero-order valence-electron chi connectivity index (χ0n) is 13.8. The molecule has 134 valence electrons. The highest BCUT2D eigenvalue weighted by Crippen LogP contribution is 2.27. The zero-order valence-corrected chi connectivity index (χ0v) is 14.6. The number of nitrogens with zero attached hydrogens (tertiary/aromatic N) is 1. The highest BCUT2D eigenvalue weighted by atomic mass is 35.5. The predicted octanol–water partition coefficient (Wildman–Crippen LogP) is -1.31. The van der Waals surface area contributed by atoms with Gasteiger partial charge in [-0.3, -0.25) is 9.78 Å². The van der Waals surface area contributed by atoms with Crippen molar-refractivity contribution in [1.82, 2.24) is 10.3 Å².